The van der Waals surface area contributed by atoms with Crippen LogP contribution in [0.25, 0.3) is 6.08 Å². The summed E-state index contributed by atoms with van der Waals surface area (Å²) >= 11 is 0. The van der Waals surface area contributed by atoms with Gasteiger partial charge in [-0.25, -0.2) is 0 Å². The van der Waals surface area contributed by atoms with Crippen molar-refractivity contribution in [3.05, 3.63) is 40.9 Å². The van der Waals surface area contributed by atoms with Crippen LogP contribution in [0, 0.1) is 6.92 Å². The van der Waals surface area contributed by atoms with Crippen LogP contribution >= 0.6 is 0 Å². The van der Waals surface area contributed by atoms with Gasteiger partial charge < -0.3 is 24.2 Å². The zero-order chi connectivity index (χ0) is 13.0. The third kappa shape index (κ3) is 7.15. The summed E-state index contributed by atoms with van der Waals surface area (Å²) in [5.74, 6) is -2.01. The Kier molecular flexibility index (Phi) is 10.6. The number of carbonyl (C=O) groups excluding carboxylic acids is 2. The number of hydrogen-bond donors (Lipinski definition) is 0. The second-order valence-electron chi connectivity index (χ2n) is 3.44. The van der Waals surface area contributed by atoms with Crippen molar-refractivity contribution in [3.63, 3.8) is 0 Å². The van der Waals surface area contributed by atoms with Crippen molar-refractivity contribution >= 4 is 18.0 Å². The van der Waals surface area contributed by atoms with E-state index in [1.807, 2.05) is 0 Å². The molecule has 0 N–H and O–H groups in total. The fourth-order valence-electron chi connectivity index (χ4n) is 1.26. The minimum atomic E-state index is -1.48. The van der Waals surface area contributed by atoms with Crippen molar-refractivity contribution in [3.8, 4) is 0 Å². The predicted molar refractivity (Wildman–Crippen MR) is 55.2 cm³/mol. The molecule has 0 spiro atoms. The number of aryl methyl sites for hydroxylation is 1. The Morgan fingerprint density at radius 3 is 2.16 bits per heavy atom. The summed E-state index contributed by atoms with van der Waals surface area (Å²) in [6, 6.07) is 3.24. The van der Waals surface area contributed by atoms with Crippen molar-refractivity contribution in [2.45, 2.75) is 13.8 Å². The second-order valence-corrected chi connectivity index (χ2v) is 3.44. The molecule has 1 aromatic heterocycles. The van der Waals surface area contributed by atoms with Gasteiger partial charge in [0.05, 0.1) is 11.9 Å². The van der Waals surface area contributed by atoms with E-state index in [-0.39, 0.29) is 70.3 Å². The van der Waals surface area contributed by atoms with Gasteiger partial charge in [-0.05, 0) is 43.7 Å². The first kappa shape index (κ1) is 21.0. The number of carbonyl (C=O) groups is 2. The van der Waals surface area contributed by atoms with E-state index in [1.165, 1.54) is 13.0 Å². The Hall–Kier alpha value is -0.300. The van der Waals surface area contributed by atoms with Gasteiger partial charge in [-0.3, -0.25) is 0 Å². The standard InChI is InChI=1S/C12H12O5.2Na/c1-7(5-11(13)14)10(12(15)16)6-9-4-3-8(2)17-9;;/h3-6H,1-2H3,(H,13,14)(H,15,16);;/q;2*+1/p-2. The minimum Gasteiger partial charge on any atom is -0.545 e. The van der Waals surface area contributed by atoms with Gasteiger partial charge in [0.15, 0.2) is 0 Å². The molecule has 1 rings (SSSR count). The molecule has 0 amide bonds. The number of aliphatic carboxylic acids is 2. The normalized spacial score (nSPS) is 11.3. The molecule has 7 heteroatoms. The maximum Gasteiger partial charge on any atom is 1.00 e. The van der Waals surface area contributed by atoms with E-state index in [1.54, 1.807) is 19.1 Å². The largest absolute Gasteiger partial charge is 1.00 e. The van der Waals surface area contributed by atoms with Gasteiger partial charge >= 0.3 is 59.1 Å². The molecule has 1 aromatic rings. The molecular weight excluding hydrogens is 270 g/mol. The van der Waals surface area contributed by atoms with Crippen LogP contribution in [-0.4, -0.2) is 11.9 Å². The van der Waals surface area contributed by atoms with E-state index < -0.39 is 11.9 Å². The van der Waals surface area contributed by atoms with E-state index in [0.717, 1.165) is 0 Å². The van der Waals surface area contributed by atoms with Gasteiger partial charge in [-0.2, -0.15) is 0 Å². The molecule has 0 fully saturated rings. The molecule has 0 aliphatic carbocycles. The van der Waals surface area contributed by atoms with Crippen molar-refractivity contribution in [2.24, 2.45) is 0 Å². The molecule has 19 heavy (non-hydrogen) atoms. The molecule has 0 radical (unpaired) electrons. The summed E-state index contributed by atoms with van der Waals surface area (Å²) in [6.45, 7) is 3.05. The van der Waals surface area contributed by atoms with E-state index in [9.17, 15) is 19.8 Å². The minimum absolute atomic E-state index is 0. The van der Waals surface area contributed by atoms with Crippen LogP contribution in [0.15, 0.2) is 33.8 Å². The average molecular weight is 280 g/mol. The third-order valence-corrected chi connectivity index (χ3v) is 2.03. The van der Waals surface area contributed by atoms with Gasteiger partial charge in [0.2, 0.25) is 0 Å². The van der Waals surface area contributed by atoms with E-state index >= 15 is 0 Å². The fraction of sp³-hybridized carbons (Fsp3) is 0.167. The smallest absolute Gasteiger partial charge is 0.545 e. The van der Waals surface area contributed by atoms with E-state index in [4.69, 9.17) is 4.42 Å². The molecule has 0 unspecified atom stereocenters. The van der Waals surface area contributed by atoms with E-state index in [0.29, 0.717) is 17.6 Å². The quantitative estimate of drug-likeness (QED) is 0.310. The Morgan fingerprint density at radius 2 is 1.79 bits per heavy atom. The molecule has 0 aliphatic rings. The van der Waals surface area contributed by atoms with Crippen LogP contribution in [0.2, 0.25) is 0 Å². The summed E-state index contributed by atoms with van der Waals surface area (Å²) in [5.41, 5.74) is -0.234. The van der Waals surface area contributed by atoms with Crippen LogP contribution in [0.1, 0.15) is 18.4 Å². The van der Waals surface area contributed by atoms with Gasteiger partial charge in [0.1, 0.15) is 11.5 Å². The second kappa shape index (κ2) is 9.58. The summed E-state index contributed by atoms with van der Waals surface area (Å²) in [7, 11) is 0. The van der Waals surface area contributed by atoms with E-state index in [2.05, 4.69) is 0 Å². The zero-order valence-electron chi connectivity index (χ0n) is 11.4. The van der Waals surface area contributed by atoms with Crippen molar-refractivity contribution in [2.75, 3.05) is 0 Å². The summed E-state index contributed by atoms with van der Waals surface area (Å²) in [6.07, 6.45) is 1.90. The molecule has 1 heterocycles. The van der Waals surface area contributed by atoms with Gasteiger partial charge in [0.25, 0.3) is 0 Å². The zero-order valence-corrected chi connectivity index (χ0v) is 15.4. The number of rotatable bonds is 4. The Balaban J connectivity index is 0. The molecular formula is C12H10Na2O5. The van der Waals surface area contributed by atoms with Gasteiger partial charge in [-0.15, -0.1) is 0 Å². The summed E-state index contributed by atoms with van der Waals surface area (Å²) in [5, 5.41) is 21.2. The van der Waals surface area contributed by atoms with Crippen LogP contribution in [0.5, 0.6) is 0 Å². The SMILES string of the molecule is CC(=CC(=O)[O-])C(=Cc1ccc(C)o1)C(=O)[O-].[Na+].[Na+]. The summed E-state index contributed by atoms with van der Waals surface area (Å²) < 4.78 is 5.16. The molecule has 0 aromatic carbocycles. The maximum atomic E-state index is 10.9. The average Bonchev–Trinajstić information content (AvgIpc) is 2.58. The topological polar surface area (TPSA) is 93.4 Å². The summed E-state index contributed by atoms with van der Waals surface area (Å²) in [4.78, 5) is 21.2. The van der Waals surface area contributed by atoms with Crippen molar-refractivity contribution < 1.29 is 83.3 Å². The maximum absolute atomic E-state index is 10.9. The molecule has 0 saturated carbocycles. The molecule has 0 bridgehead atoms. The molecule has 5 nitrogen and oxygen atoms in total. The Bertz CT molecular complexity index is 514. The first-order valence-electron chi connectivity index (χ1n) is 4.79. The number of carboxylic acid groups (broad SMARTS) is 2. The first-order chi connectivity index (χ1) is 7.90. The molecule has 90 valence electrons. The van der Waals surface area contributed by atoms with Gasteiger partial charge in [-0.1, -0.05) is 0 Å². The molecule has 0 aliphatic heterocycles. The molecule has 0 saturated heterocycles. The Morgan fingerprint density at radius 1 is 1.21 bits per heavy atom. The third-order valence-electron chi connectivity index (χ3n) is 2.03. The van der Waals surface area contributed by atoms with Crippen molar-refractivity contribution in [1.82, 2.24) is 0 Å². The van der Waals surface area contributed by atoms with Crippen LogP contribution in [-0.2, 0) is 9.59 Å². The number of furan rings is 1. The van der Waals surface area contributed by atoms with Crippen molar-refractivity contribution in [1.29, 1.82) is 0 Å². The molecule has 0 atom stereocenters. The first-order valence-corrected chi connectivity index (χ1v) is 4.79. The number of hydrogen-bond acceptors (Lipinski definition) is 5. The monoisotopic (exact) mass is 280 g/mol. The van der Waals surface area contributed by atoms with Crippen LogP contribution in [0.3, 0.4) is 0 Å². The Labute approximate surface area is 155 Å². The number of carboxylic acids is 2. The van der Waals surface area contributed by atoms with Gasteiger partial charge in [0, 0.05) is 5.57 Å². The van der Waals surface area contributed by atoms with Crippen LogP contribution in [0.4, 0.5) is 0 Å². The fourth-order valence-corrected chi connectivity index (χ4v) is 1.26. The van der Waals surface area contributed by atoms with Crippen LogP contribution < -0.4 is 69.3 Å². The predicted octanol–water partition coefficient (Wildman–Crippen LogP) is -6.57.